The summed E-state index contributed by atoms with van der Waals surface area (Å²) in [6, 6.07) is 2.67. The van der Waals surface area contributed by atoms with Gasteiger partial charge in [0, 0.05) is 25.0 Å². The third-order valence-corrected chi connectivity index (χ3v) is 2.89. The highest BCUT2D eigenvalue weighted by Gasteiger charge is 1.98. The molecule has 0 unspecified atom stereocenters. The van der Waals surface area contributed by atoms with Gasteiger partial charge in [0.25, 0.3) is 0 Å². The van der Waals surface area contributed by atoms with Gasteiger partial charge in [0.2, 0.25) is 0 Å². The minimum absolute atomic E-state index is 0.582. The van der Waals surface area contributed by atoms with Crippen LogP contribution in [0, 0.1) is 0 Å². The Morgan fingerprint density at radius 3 is 2.88 bits per heavy atom. The molecule has 1 aromatic rings. The van der Waals surface area contributed by atoms with Crippen LogP contribution in [-0.4, -0.2) is 22.4 Å². The lowest BCUT2D eigenvalue weighted by atomic mass is 10.1. The van der Waals surface area contributed by atoms with Gasteiger partial charge in [0.1, 0.15) is 0 Å². The number of nitrogens with zero attached hydrogens (tertiary/aromatic N) is 2. The molecular formula is C14H25N3. The molecule has 0 aliphatic heterocycles. The largest absolute Gasteiger partial charge is 0.314 e. The molecule has 0 saturated heterocycles. The van der Waals surface area contributed by atoms with E-state index >= 15 is 0 Å². The predicted octanol–water partition coefficient (Wildman–Crippen LogP) is 2.69. The van der Waals surface area contributed by atoms with Crippen LogP contribution in [0.2, 0.25) is 0 Å². The first kappa shape index (κ1) is 14.0. The Kier molecular flexibility index (Phi) is 5.98. The maximum Gasteiger partial charge on any atom is 0.0492 e. The zero-order chi connectivity index (χ0) is 12.7. The first-order valence-electron chi connectivity index (χ1n) is 6.45. The van der Waals surface area contributed by atoms with Crippen molar-refractivity contribution in [2.75, 3.05) is 6.54 Å². The van der Waals surface area contributed by atoms with Crippen molar-refractivity contribution in [3.05, 3.63) is 29.6 Å². The third-order valence-electron chi connectivity index (χ3n) is 2.89. The minimum Gasteiger partial charge on any atom is -0.314 e. The Balaban J connectivity index is 2.22. The van der Waals surface area contributed by atoms with Gasteiger partial charge in [0.05, 0.1) is 0 Å². The molecule has 0 atom stereocenters. The molecule has 0 aliphatic carbocycles. The summed E-state index contributed by atoms with van der Waals surface area (Å²) in [5.74, 6) is 0. The summed E-state index contributed by atoms with van der Waals surface area (Å²) in [6.45, 7) is 7.64. The van der Waals surface area contributed by atoms with Crippen LogP contribution < -0.4 is 5.32 Å². The highest BCUT2D eigenvalue weighted by molar-refractivity contribution is 5.06. The van der Waals surface area contributed by atoms with Crippen LogP contribution in [0.25, 0.3) is 0 Å². The lowest BCUT2D eigenvalue weighted by Gasteiger charge is -2.06. The molecule has 17 heavy (non-hydrogen) atoms. The molecule has 0 aliphatic rings. The first-order valence-corrected chi connectivity index (χ1v) is 6.45. The number of rotatable bonds is 7. The molecule has 0 bridgehead atoms. The second-order valence-corrected chi connectivity index (χ2v) is 4.89. The van der Waals surface area contributed by atoms with Crippen molar-refractivity contribution >= 4 is 0 Å². The molecule has 0 radical (unpaired) electrons. The van der Waals surface area contributed by atoms with Gasteiger partial charge in [-0.1, -0.05) is 25.5 Å². The zero-order valence-electron chi connectivity index (χ0n) is 11.5. The van der Waals surface area contributed by atoms with E-state index in [-0.39, 0.29) is 0 Å². The van der Waals surface area contributed by atoms with E-state index in [1.54, 1.807) is 0 Å². The quantitative estimate of drug-likeness (QED) is 0.581. The topological polar surface area (TPSA) is 29.9 Å². The third kappa shape index (κ3) is 5.68. The number of aromatic nitrogens is 2. The number of allylic oxidation sites excluding steroid dienone is 1. The number of hydrogen-bond acceptors (Lipinski definition) is 2. The number of hydrogen-bond donors (Lipinski definition) is 1. The maximum absolute atomic E-state index is 4.18. The summed E-state index contributed by atoms with van der Waals surface area (Å²) in [5, 5.41) is 7.60. The highest BCUT2D eigenvalue weighted by atomic mass is 15.2. The van der Waals surface area contributed by atoms with E-state index in [1.807, 2.05) is 17.9 Å². The molecular weight excluding hydrogens is 210 g/mol. The Morgan fingerprint density at radius 1 is 1.53 bits per heavy atom. The fourth-order valence-electron chi connectivity index (χ4n) is 1.76. The van der Waals surface area contributed by atoms with Gasteiger partial charge in [0.15, 0.2) is 0 Å². The standard InChI is InChI=1S/C14H25N3/c1-12(2)15-10-5-6-13(3)7-8-14-9-11-16-17(14)4/h6,9,11-12,15H,5,7-8,10H2,1-4H3/b13-6-. The first-order chi connectivity index (χ1) is 8.09. The van der Waals surface area contributed by atoms with Crippen molar-refractivity contribution < 1.29 is 0 Å². The molecule has 1 aromatic heterocycles. The van der Waals surface area contributed by atoms with Gasteiger partial charge in [-0.25, -0.2) is 0 Å². The van der Waals surface area contributed by atoms with E-state index in [0.717, 1.165) is 25.8 Å². The molecule has 0 aromatic carbocycles. The molecule has 0 fully saturated rings. The lowest BCUT2D eigenvalue weighted by molar-refractivity contribution is 0.593. The second-order valence-electron chi connectivity index (χ2n) is 4.89. The molecule has 0 saturated carbocycles. The van der Waals surface area contributed by atoms with E-state index in [9.17, 15) is 0 Å². The smallest absolute Gasteiger partial charge is 0.0492 e. The van der Waals surface area contributed by atoms with E-state index in [4.69, 9.17) is 0 Å². The van der Waals surface area contributed by atoms with E-state index in [0.29, 0.717) is 6.04 Å². The van der Waals surface area contributed by atoms with Crippen molar-refractivity contribution in [1.82, 2.24) is 15.1 Å². The van der Waals surface area contributed by atoms with Gasteiger partial charge in [-0.05, 0) is 38.8 Å². The fourth-order valence-corrected chi connectivity index (χ4v) is 1.76. The molecule has 1 rings (SSSR count). The molecule has 3 nitrogen and oxygen atoms in total. The normalized spacial score (nSPS) is 12.4. The second kappa shape index (κ2) is 7.28. The van der Waals surface area contributed by atoms with Crippen molar-refractivity contribution in [3.8, 4) is 0 Å². The molecule has 0 spiro atoms. The molecule has 1 heterocycles. The zero-order valence-corrected chi connectivity index (χ0v) is 11.5. The van der Waals surface area contributed by atoms with Gasteiger partial charge >= 0.3 is 0 Å². The SMILES string of the molecule is C/C(=C/CCNC(C)C)CCc1ccnn1C. The Labute approximate surface area is 105 Å². The minimum atomic E-state index is 0.582. The summed E-state index contributed by atoms with van der Waals surface area (Å²) < 4.78 is 1.95. The maximum atomic E-state index is 4.18. The summed E-state index contributed by atoms with van der Waals surface area (Å²) >= 11 is 0. The Hall–Kier alpha value is -1.09. The number of aryl methyl sites for hydroxylation is 2. The Bertz CT molecular complexity index is 350. The van der Waals surface area contributed by atoms with Crippen molar-refractivity contribution in [2.45, 2.75) is 46.1 Å². The summed E-state index contributed by atoms with van der Waals surface area (Å²) in [5.41, 5.74) is 2.77. The summed E-state index contributed by atoms with van der Waals surface area (Å²) in [7, 11) is 2.00. The summed E-state index contributed by atoms with van der Waals surface area (Å²) in [6.07, 6.45) is 7.53. The van der Waals surface area contributed by atoms with Crippen molar-refractivity contribution in [2.24, 2.45) is 7.05 Å². The van der Waals surface area contributed by atoms with Crippen molar-refractivity contribution in [1.29, 1.82) is 0 Å². The lowest BCUT2D eigenvalue weighted by Crippen LogP contribution is -2.23. The monoisotopic (exact) mass is 235 g/mol. The van der Waals surface area contributed by atoms with Gasteiger partial charge < -0.3 is 5.32 Å². The highest BCUT2D eigenvalue weighted by Crippen LogP contribution is 2.08. The average Bonchev–Trinajstić information content (AvgIpc) is 2.67. The molecule has 96 valence electrons. The van der Waals surface area contributed by atoms with Crippen LogP contribution in [0.5, 0.6) is 0 Å². The van der Waals surface area contributed by atoms with Gasteiger partial charge in [-0.15, -0.1) is 0 Å². The van der Waals surface area contributed by atoms with Crippen LogP contribution in [0.4, 0.5) is 0 Å². The Morgan fingerprint density at radius 2 is 2.29 bits per heavy atom. The van der Waals surface area contributed by atoms with Crippen LogP contribution in [0.1, 0.15) is 39.3 Å². The molecule has 1 N–H and O–H groups in total. The fraction of sp³-hybridized carbons (Fsp3) is 0.643. The molecule has 3 heteroatoms. The van der Waals surface area contributed by atoms with E-state index in [2.05, 4.69) is 43.3 Å². The summed E-state index contributed by atoms with van der Waals surface area (Å²) in [4.78, 5) is 0. The van der Waals surface area contributed by atoms with Crippen molar-refractivity contribution in [3.63, 3.8) is 0 Å². The van der Waals surface area contributed by atoms with Crippen LogP contribution in [0.15, 0.2) is 23.9 Å². The predicted molar refractivity (Wildman–Crippen MR) is 73.0 cm³/mol. The van der Waals surface area contributed by atoms with E-state index in [1.165, 1.54) is 11.3 Å². The van der Waals surface area contributed by atoms with Gasteiger partial charge in [-0.3, -0.25) is 4.68 Å². The van der Waals surface area contributed by atoms with Crippen LogP contribution in [-0.2, 0) is 13.5 Å². The average molecular weight is 235 g/mol. The van der Waals surface area contributed by atoms with Crippen LogP contribution >= 0.6 is 0 Å². The molecule has 0 amide bonds. The van der Waals surface area contributed by atoms with E-state index < -0.39 is 0 Å². The van der Waals surface area contributed by atoms with Gasteiger partial charge in [-0.2, -0.15) is 5.10 Å². The van der Waals surface area contributed by atoms with Crippen LogP contribution in [0.3, 0.4) is 0 Å². The number of nitrogens with one attached hydrogen (secondary N) is 1.